The number of morpholine rings is 1. The molecule has 1 heterocycles. The number of amides is 1. The molecule has 1 saturated heterocycles. The monoisotopic (exact) mass is 302 g/mol. The summed E-state index contributed by atoms with van der Waals surface area (Å²) in [5, 5.41) is 3.46. The first-order valence-electron chi connectivity index (χ1n) is 6.14. The van der Waals surface area contributed by atoms with Gasteiger partial charge in [-0.3, -0.25) is 4.79 Å². The molecule has 4 nitrogen and oxygen atoms in total. The van der Waals surface area contributed by atoms with E-state index >= 15 is 0 Å². The summed E-state index contributed by atoms with van der Waals surface area (Å²) < 4.78 is 5.62. The number of benzene rings is 1. The van der Waals surface area contributed by atoms with Crippen LogP contribution < -0.4 is 10.2 Å². The van der Waals surface area contributed by atoms with Crippen molar-refractivity contribution in [3.63, 3.8) is 0 Å². The molecule has 1 aliphatic rings. The molecule has 1 atom stereocenters. The number of alkyl halides is 1. The fourth-order valence-corrected chi connectivity index (χ4v) is 2.22. The van der Waals surface area contributed by atoms with Crippen LogP contribution in [0.25, 0.3) is 0 Å². The zero-order chi connectivity index (χ0) is 13.7. The highest BCUT2D eigenvalue weighted by Gasteiger charge is 2.21. The normalized spacial score (nSPS) is 19.3. The minimum Gasteiger partial charge on any atom is -0.373 e. The van der Waals surface area contributed by atoms with E-state index in [9.17, 15) is 4.79 Å². The third-order valence-corrected chi connectivity index (χ3v) is 3.47. The second-order valence-electron chi connectivity index (χ2n) is 4.35. The SMILES string of the molecule is O=C(CCl)NCC1CN(c2ccc(Cl)cc2)CCO1. The van der Waals surface area contributed by atoms with Crippen molar-refractivity contribution in [2.45, 2.75) is 6.10 Å². The molecule has 19 heavy (non-hydrogen) atoms. The van der Waals surface area contributed by atoms with Crippen molar-refractivity contribution in [2.24, 2.45) is 0 Å². The number of hydrogen-bond acceptors (Lipinski definition) is 3. The highest BCUT2D eigenvalue weighted by Crippen LogP contribution is 2.20. The molecule has 104 valence electrons. The topological polar surface area (TPSA) is 41.6 Å². The Morgan fingerprint density at radius 1 is 1.42 bits per heavy atom. The van der Waals surface area contributed by atoms with Gasteiger partial charge in [0, 0.05) is 30.3 Å². The summed E-state index contributed by atoms with van der Waals surface area (Å²) in [5.74, 6) is -0.193. The molecule has 0 aliphatic carbocycles. The Hall–Kier alpha value is -0.970. The Morgan fingerprint density at radius 3 is 2.84 bits per heavy atom. The number of carbonyl (C=O) groups is 1. The van der Waals surface area contributed by atoms with E-state index in [0.717, 1.165) is 23.8 Å². The molecule has 0 radical (unpaired) electrons. The maximum atomic E-state index is 11.1. The lowest BCUT2D eigenvalue weighted by Crippen LogP contribution is -2.47. The number of nitrogens with zero attached hydrogens (tertiary/aromatic N) is 1. The van der Waals surface area contributed by atoms with Crippen LogP contribution in [0.4, 0.5) is 5.69 Å². The van der Waals surface area contributed by atoms with Gasteiger partial charge >= 0.3 is 0 Å². The molecule has 1 aliphatic heterocycles. The second-order valence-corrected chi connectivity index (χ2v) is 5.06. The summed E-state index contributed by atoms with van der Waals surface area (Å²) in [6.07, 6.45) is -0.0170. The largest absolute Gasteiger partial charge is 0.373 e. The molecule has 0 spiro atoms. The molecule has 1 aromatic carbocycles. The molecule has 0 bridgehead atoms. The Bertz CT molecular complexity index is 425. The third kappa shape index (κ3) is 4.27. The molecular weight excluding hydrogens is 287 g/mol. The van der Waals surface area contributed by atoms with Crippen LogP contribution in [-0.2, 0) is 9.53 Å². The van der Waals surface area contributed by atoms with Gasteiger partial charge in [-0.1, -0.05) is 11.6 Å². The van der Waals surface area contributed by atoms with Gasteiger partial charge in [-0.25, -0.2) is 0 Å². The third-order valence-electron chi connectivity index (χ3n) is 2.98. The first kappa shape index (κ1) is 14.4. The van der Waals surface area contributed by atoms with Gasteiger partial charge < -0.3 is 15.0 Å². The Kier molecular flexibility index (Phi) is 5.31. The van der Waals surface area contributed by atoms with Crippen molar-refractivity contribution in [1.82, 2.24) is 5.32 Å². The van der Waals surface area contributed by atoms with Gasteiger partial charge in [0.1, 0.15) is 5.88 Å². The lowest BCUT2D eigenvalue weighted by Gasteiger charge is -2.34. The fraction of sp³-hybridized carbons (Fsp3) is 0.462. The second kappa shape index (κ2) is 6.98. The number of ether oxygens (including phenoxy) is 1. The zero-order valence-corrected chi connectivity index (χ0v) is 12.0. The van der Waals surface area contributed by atoms with E-state index in [-0.39, 0.29) is 17.9 Å². The Morgan fingerprint density at radius 2 is 2.16 bits per heavy atom. The van der Waals surface area contributed by atoms with Crippen LogP contribution in [0.5, 0.6) is 0 Å². The van der Waals surface area contributed by atoms with E-state index in [1.165, 1.54) is 0 Å². The molecule has 6 heteroatoms. The predicted molar refractivity (Wildman–Crippen MR) is 77.1 cm³/mol. The van der Waals surface area contributed by atoms with Crippen molar-refractivity contribution in [3.05, 3.63) is 29.3 Å². The van der Waals surface area contributed by atoms with Crippen LogP contribution in [-0.4, -0.2) is 44.1 Å². The maximum absolute atomic E-state index is 11.1. The van der Waals surface area contributed by atoms with E-state index in [4.69, 9.17) is 27.9 Å². The fourth-order valence-electron chi connectivity index (χ4n) is 2.00. The number of anilines is 1. The van der Waals surface area contributed by atoms with Crippen LogP contribution in [0.3, 0.4) is 0 Å². The summed E-state index contributed by atoms with van der Waals surface area (Å²) in [6, 6.07) is 7.72. The lowest BCUT2D eigenvalue weighted by atomic mass is 10.2. The highest BCUT2D eigenvalue weighted by atomic mass is 35.5. The quantitative estimate of drug-likeness (QED) is 0.864. The first-order chi connectivity index (χ1) is 9.19. The average Bonchev–Trinajstić information content (AvgIpc) is 2.46. The van der Waals surface area contributed by atoms with Crippen molar-refractivity contribution in [1.29, 1.82) is 0 Å². The van der Waals surface area contributed by atoms with Gasteiger partial charge in [-0.05, 0) is 24.3 Å². The van der Waals surface area contributed by atoms with Gasteiger partial charge in [-0.15, -0.1) is 11.6 Å². The molecule has 1 fully saturated rings. The summed E-state index contributed by atoms with van der Waals surface area (Å²) in [5.41, 5.74) is 1.11. The number of hydrogen-bond donors (Lipinski definition) is 1. The molecule has 1 unspecified atom stereocenters. The molecule has 0 saturated carbocycles. The van der Waals surface area contributed by atoms with E-state index in [1.54, 1.807) is 0 Å². The molecule has 1 aromatic rings. The minimum atomic E-state index is -0.172. The van der Waals surface area contributed by atoms with Gasteiger partial charge in [0.15, 0.2) is 0 Å². The molecule has 2 rings (SSSR count). The van der Waals surface area contributed by atoms with Gasteiger partial charge in [0.25, 0.3) is 0 Å². The standard InChI is InChI=1S/C13H16Cl2N2O2/c14-7-13(18)16-8-12-9-17(5-6-19-12)11-3-1-10(15)2-4-11/h1-4,12H,5-9H2,(H,16,18). The number of nitrogens with one attached hydrogen (secondary N) is 1. The van der Waals surface area contributed by atoms with E-state index < -0.39 is 0 Å². The Labute approximate surface area is 122 Å². The van der Waals surface area contributed by atoms with Crippen molar-refractivity contribution >= 4 is 34.8 Å². The molecular formula is C13H16Cl2N2O2. The van der Waals surface area contributed by atoms with Crippen LogP contribution in [0.2, 0.25) is 5.02 Å². The summed E-state index contributed by atoms with van der Waals surface area (Å²) >= 11 is 11.3. The minimum absolute atomic E-state index is 0.0170. The van der Waals surface area contributed by atoms with Gasteiger partial charge in [0.05, 0.1) is 12.7 Å². The molecule has 0 aromatic heterocycles. The van der Waals surface area contributed by atoms with E-state index in [0.29, 0.717) is 13.2 Å². The number of carbonyl (C=O) groups excluding carboxylic acids is 1. The predicted octanol–water partition coefficient (Wildman–Crippen LogP) is 1.90. The maximum Gasteiger partial charge on any atom is 0.235 e. The van der Waals surface area contributed by atoms with E-state index in [1.807, 2.05) is 24.3 Å². The van der Waals surface area contributed by atoms with Crippen molar-refractivity contribution < 1.29 is 9.53 Å². The number of rotatable bonds is 4. The summed E-state index contributed by atoms with van der Waals surface area (Å²) in [6.45, 7) is 2.70. The van der Waals surface area contributed by atoms with Gasteiger partial charge in [-0.2, -0.15) is 0 Å². The van der Waals surface area contributed by atoms with Crippen LogP contribution in [0, 0.1) is 0 Å². The smallest absolute Gasteiger partial charge is 0.235 e. The van der Waals surface area contributed by atoms with Crippen LogP contribution >= 0.6 is 23.2 Å². The summed E-state index contributed by atoms with van der Waals surface area (Å²) in [7, 11) is 0. The number of halogens is 2. The summed E-state index contributed by atoms with van der Waals surface area (Å²) in [4.78, 5) is 13.3. The highest BCUT2D eigenvalue weighted by molar-refractivity contribution is 6.30. The van der Waals surface area contributed by atoms with Crippen molar-refractivity contribution in [3.8, 4) is 0 Å². The van der Waals surface area contributed by atoms with Crippen LogP contribution in [0.15, 0.2) is 24.3 Å². The van der Waals surface area contributed by atoms with Crippen LogP contribution in [0.1, 0.15) is 0 Å². The Balaban J connectivity index is 1.89. The lowest BCUT2D eigenvalue weighted by molar-refractivity contribution is -0.119. The van der Waals surface area contributed by atoms with Crippen molar-refractivity contribution in [2.75, 3.05) is 37.0 Å². The molecule has 1 N–H and O–H groups in total. The zero-order valence-electron chi connectivity index (χ0n) is 10.4. The first-order valence-corrected chi connectivity index (χ1v) is 7.05. The van der Waals surface area contributed by atoms with E-state index in [2.05, 4.69) is 10.2 Å². The average molecular weight is 303 g/mol. The molecule has 1 amide bonds. The van der Waals surface area contributed by atoms with Gasteiger partial charge in [0.2, 0.25) is 5.91 Å².